The van der Waals surface area contributed by atoms with E-state index in [9.17, 15) is 24.2 Å². The number of carbonyl (C=O) groups is 2. The average Bonchev–Trinajstić information content (AvgIpc) is 2.81. The van der Waals surface area contributed by atoms with Crippen molar-refractivity contribution in [3.05, 3.63) is 88.0 Å². The van der Waals surface area contributed by atoms with Crippen LogP contribution in [0.3, 0.4) is 0 Å². The molecule has 1 aliphatic rings. The number of ether oxygens (including phenoxy) is 1. The zero-order valence-corrected chi connectivity index (χ0v) is 23.1. The third-order valence-electron chi connectivity index (χ3n) is 7.23. The summed E-state index contributed by atoms with van der Waals surface area (Å²) < 4.78 is 19.5. The van der Waals surface area contributed by atoms with Crippen molar-refractivity contribution < 1.29 is 28.9 Å². The lowest BCUT2D eigenvalue weighted by atomic mass is 9.66. The van der Waals surface area contributed by atoms with Gasteiger partial charge >= 0.3 is 11.9 Å². The van der Waals surface area contributed by atoms with E-state index in [0.29, 0.717) is 31.0 Å². The van der Waals surface area contributed by atoms with Gasteiger partial charge < -0.3 is 24.7 Å². The molecule has 2 aromatic carbocycles. The van der Waals surface area contributed by atoms with Crippen LogP contribution in [0.25, 0.3) is 0 Å². The van der Waals surface area contributed by atoms with Crippen LogP contribution in [0.15, 0.2) is 71.1 Å². The van der Waals surface area contributed by atoms with Crippen molar-refractivity contribution in [1.82, 2.24) is 9.80 Å². The third kappa shape index (κ3) is 5.75. The van der Waals surface area contributed by atoms with Crippen molar-refractivity contribution in [1.29, 1.82) is 0 Å². The molecule has 0 atom stereocenters. The van der Waals surface area contributed by atoms with Gasteiger partial charge in [0, 0.05) is 31.0 Å². The van der Waals surface area contributed by atoms with Gasteiger partial charge in [-0.2, -0.15) is 0 Å². The Morgan fingerprint density at radius 2 is 1.61 bits per heavy atom. The number of nitrogens with zero attached hydrogens (tertiary/aromatic N) is 2. The first kappa shape index (κ1) is 28.9. The van der Waals surface area contributed by atoms with Gasteiger partial charge in [-0.25, -0.2) is 14.0 Å². The van der Waals surface area contributed by atoms with E-state index in [1.54, 1.807) is 38.8 Å². The predicted molar refractivity (Wildman–Crippen MR) is 144 cm³/mol. The summed E-state index contributed by atoms with van der Waals surface area (Å²) in [7, 11) is 3.64. The Bertz CT molecular complexity index is 1260. The van der Waals surface area contributed by atoms with Gasteiger partial charge in [-0.15, -0.1) is 0 Å². The summed E-state index contributed by atoms with van der Waals surface area (Å²) in [5.41, 5.74) is 0.208. The second kappa shape index (κ2) is 11.0. The second-order valence-electron chi connectivity index (χ2n) is 10.9. The summed E-state index contributed by atoms with van der Waals surface area (Å²) in [4.78, 5) is 29.2. The quantitative estimate of drug-likeness (QED) is 0.437. The molecule has 0 aromatic heterocycles. The molecule has 0 spiro atoms. The van der Waals surface area contributed by atoms with Crippen LogP contribution in [-0.4, -0.2) is 59.2 Å². The first-order valence-corrected chi connectivity index (χ1v) is 12.5. The Kier molecular flexibility index (Phi) is 8.36. The number of allylic oxidation sites excluding steroid dienone is 2. The van der Waals surface area contributed by atoms with E-state index in [2.05, 4.69) is 18.7 Å². The number of benzene rings is 2. The summed E-state index contributed by atoms with van der Waals surface area (Å²) in [6, 6.07) is 13.3. The highest BCUT2D eigenvalue weighted by molar-refractivity contribution is 6.00. The minimum atomic E-state index is -1.54. The number of rotatable bonds is 10. The lowest BCUT2D eigenvalue weighted by Crippen LogP contribution is -2.47. The van der Waals surface area contributed by atoms with E-state index in [1.165, 1.54) is 18.2 Å². The molecule has 38 heavy (non-hydrogen) atoms. The largest absolute Gasteiger partial charge is 0.497 e. The van der Waals surface area contributed by atoms with Gasteiger partial charge in [0.25, 0.3) is 0 Å². The first-order chi connectivity index (χ1) is 17.7. The van der Waals surface area contributed by atoms with Crippen LogP contribution in [0.4, 0.5) is 4.39 Å². The lowest BCUT2D eigenvalue weighted by Gasteiger charge is -2.45. The van der Waals surface area contributed by atoms with Gasteiger partial charge in [-0.1, -0.05) is 38.1 Å². The minimum absolute atomic E-state index is 0.0772. The molecule has 0 unspecified atom stereocenters. The highest BCUT2D eigenvalue weighted by atomic mass is 19.1. The molecule has 0 radical (unpaired) electrons. The number of carboxylic acid groups (broad SMARTS) is 2. The zero-order chi connectivity index (χ0) is 28.4. The average molecular weight is 525 g/mol. The van der Waals surface area contributed by atoms with E-state index < -0.39 is 23.2 Å². The molecular formula is C30H37FN2O5. The van der Waals surface area contributed by atoms with E-state index in [-0.39, 0.29) is 22.1 Å². The molecule has 0 saturated carbocycles. The van der Waals surface area contributed by atoms with Crippen LogP contribution in [0.5, 0.6) is 5.75 Å². The molecule has 0 aliphatic carbocycles. The summed E-state index contributed by atoms with van der Waals surface area (Å²) >= 11 is 0. The first-order valence-electron chi connectivity index (χ1n) is 12.5. The Morgan fingerprint density at radius 3 is 2.13 bits per heavy atom. The molecule has 2 N–H and O–H groups in total. The second-order valence-corrected chi connectivity index (χ2v) is 10.9. The Labute approximate surface area is 223 Å². The normalized spacial score (nSPS) is 15.8. The van der Waals surface area contributed by atoms with Crippen LogP contribution in [0.2, 0.25) is 0 Å². The summed E-state index contributed by atoms with van der Waals surface area (Å²) in [5.74, 6) is -2.25. The number of carboxylic acids is 2. The highest BCUT2D eigenvalue weighted by Gasteiger charge is 2.49. The topological polar surface area (TPSA) is 90.3 Å². The summed E-state index contributed by atoms with van der Waals surface area (Å²) in [6.07, 6.45) is 0. The van der Waals surface area contributed by atoms with Crippen LogP contribution < -0.4 is 4.74 Å². The number of aliphatic carboxylic acids is 2. The lowest BCUT2D eigenvalue weighted by molar-refractivity contribution is -0.134. The van der Waals surface area contributed by atoms with Crippen molar-refractivity contribution in [3.8, 4) is 5.75 Å². The molecule has 2 aromatic rings. The molecule has 1 heterocycles. The van der Waals surface area contributed by atoms with Crippen LogP contribution in [-0.2, 0) is 21.5 Å². The smallest absolute Gasteiger partial charge is 0.334 e. The Morgan fingerprint density at radius 1 is 1.03 bits per heavy atom. The number of hydrogen-bond acceptors (Lipinski definition) is 5. The highest BCUT2D eigenvalue weighted by Crippen LogP contribution is 2.47. The maximum atomic E-state index is 14.2. The van der Waals surface area contributed by atoms with Crippen LogP contribution in [0, 0.1) is 11.2 Å². The third-order valence-corrected chi connectivity index (χ3v) is 7.23. The van der Waals surface area contributed by atoms with Gasteiger partial charge in [0.1, 0.15) is 11.6 Å². The minimum Gasteiger partial charge on any atom is -0.497 e. The van der Waals surface area contributed by atoms with Crippen molar-refractivity contribution in [2.24, 2.45) is 5.41 Å². The number of hydrogen-bond donors (Lipinski definition) is 2. The fourth-order valence-electron chi connectivity index (χ4n) is 5.78. The Hall–Kier alpha value is -3.65. The maximum Gasteiger partial charge on any atom is 0.334 e. The molecule has 0 amide bonds. The predicted octanol–water partition coefficient (Wildman–Crippen LogP) is 5.28. The summed E-state index contributed by atoms with van der Waals surface area (Å²) in [5, 5.41) is 20.6. The fraction of sp³-hybridized carbons (Fsp3) is 0.400. The van der Waals surface area contributed by atoms with E-state index in [0.717, 1.165) is 11.3 Å². The van der Waals surface area contributed by atoms with Gasteiger partial charge in [-0.3, -0.25) is 0 Å². The molecule has 0 saturated heterocycles. The number of methoxy groups -OCH3 is 1. The monoisotopic (exact) mass is 524 g/mol. The van der Waals surface area contributed by atoms with Gasteiger partial charge in [-0.05, 0) is 68.6 Å². The van der Waals surface area contributed by atoms with E-state index >= 15 is 0 Å². The van der Waals surface area contributed by atoms with E-state index in [4.69, 9.17) is 4.74 Å². The zero-order valence-electron chi connectivity index (χ0n) is 23.1. The van der Waals surface area contributed by atoms with Crippen molar-refractivity contribution in [2.45, 2.75) is 46.6 Å². The molecule has 0 fully saturated rings. The molecule has 7 nitrogen and oxygen atoms in total. The molecule has 3 rings (SSSR count). The molecule has 0 bridgehead atoms. The molecule has 8 heteroatoms. The standard InChI is InChI=1S/C30H37FN2O5/c1-19-25(27(34)35)30(5,22-11-9-12-23(31)15-22)26(28(36)37)20(2)33(19)18-29(3,4)17-32(6)16-21-10-8-13-24(14-21)38-7/h8-15H,16-18H2,1-7H3,(H,34,35)(H,36,37). The van der Waals surface area contributed by atoms with Gasteiger partial charge in [0.05, 0.1) is 23.7 Å². The molecule has 1 aliphatic heterocycles. The van der Waals surface area contributed by atoms with E-state index in [1.807, 2.05) is 31.3 Å². The van der Waals surface area contributed by atoms with Crippen molar-refractivity contribution in [3.63, 3.8) is 0 Å². The van der Waals surface area contributed by atoms with Crippen LogP contribution >= 0.6 is 0 Å². The van der Waals surface area contributed by atoms with Gasteiger partial charge in [0.2, 0.25) is 0 Å². The molecule has 204 valence electrons. The number of halogens is 1. The van der Waals surface area contributed by atoms with Crippen LogP contribution in [0.1, 0.15) is 45.7 Å². The molecular weight excluding hydrogens is 487 g/mol. The maximum absolute atomic E-state index is 14.2. The van der Waals surface area contributed by atoms with Crippen molar-refractivity contribution >= 4 is 11.9 Å². The Balaban J connectivity index is 1.99. The SMILES string of the molecule is COc1cccc(CN(C)CC(C)(C)CN2C(C)=C(C(=O)O)C(C)(c3cccc(F)c3)C(C(=O)O)=C2C)c1. The van der Waals surface area contributed by atoms with Gasteiger partial charge in [0.15, 0.2) is 0 Å². The summed E-state index contributed by atoms with van der Waals surface area (Å²) in [6.45, 7) is 10.8. The fourth-order valence-corrected chi connectivity index (χ4v) is 5.78. The van der Waals surface area contributed by atoms with Crippen molar-refractivity contribution in [2.75, 3.05) is 27.2 Å².